The summed E-state index contributed by atoms with van der Waals surface area (Å²) in [6.45, 7) is 6.92. The molecule has 0 atom stereocenters. The fourth-order valence-electron chi connectivity index (χ4n) is 2.18. The molecule has 0 aliphatic carbocycles. The number of nitrogen functional groups attached to an aromatic ring is 1. The second-order valence-electron chi connectivity index (χ2n) is 4.65. The molecule has 0 aliphatic rings. The Hall–Kier alpha value is -2.36. The number of pyridine rings is 1. The van der Waals surface area contributed by atoms with Gasteiger partial charge in [-0.15, -0.1) is 6.58 Å². The van der Waals surface area contributed by atoms with Crippen LogP contribution in [0, 0.1) is 0 Å². The monoisotopic (exact) mass is 269 g/mol. The zero-order valence-electron chi connectivity index (χ0n) is 11.7. The highest BCUT2D eigenvalue weighted by Crippen LogP contribution is 2.20. The van der Waals surface area contributed by atoms with E-state index in [0.717, 1.165) is 17.3 Å². The first-order valence-corrected chi connectivity index (χ1v) is 6.72. The number of hydrogen-bond donors (Lipinski definition) is 1. The van der Waals surface area contributed by atoms with Gasteiger partial charge in [-0.2, -0.15) is 0 Å². The van der Waals surface area contributed by atoms with Crippen molar-refractivity contribution in [1.29, 1.82) is 0 Å². The molecule has 20 heavy (non-hydrogen) atoms. The molecule has 0 bridgehead atoms. The van der Waals surface area contributed by atoms with Gasteiger partial charge in [0.1, 0.15) is 5.69 Å². The minimum absolute atomic E-state index is 0.107. The van der Waals surface area contributed by atoms with Crippen LogP contribution in [0.25, 0.3) is 10.9 Å². The lowest BCUT2D eigenvalue weighted by molar-refractivity contribution is 0.0768. The van der Waals surface area contributed by atoms with Gasteiger partial charge in [-0.3, -0.25) is 4.79 Å². The highest BCUT2D eigenvalue weighted by Gasteiger charge is 2.16. The molecule has 1 heterocycles. The van der Waals surface area contributed by atoms with Crippen molar-refractivity contribution in [3.8, 4) is 0 Å². The molecule has 104 valence electrons. The lowest BCUT2D eigenvalue weighted by Gasteiger charge is -2.20. The van der Waals surface area contributed by atoms with E-state index in [1.165, 1.54) is 0 Å². The summed E-state index contributed by atoms with van der Waals surface area (Å²) in [7, 11) is 0. The molecular formula is C16H19N3O. The molecule has 4 nitrogen and oxygen atoms in total. The van der Waals surface area contributed by atoms with Gasteiger partial charge in [-0.25, -0.2) is 4.98 Å². The topological polar surface area (TPSA) is 59.2 Å². The first kappa shape index (κ1) is 14.1. The Morgan fingerprint density at radius 3 is 2.90 bits per heavy atom. The van der Waals surface area contributed by atoms with Crippen molar-refractivity contribution in [3.05, 3.63) is 48.7 Å². The number of benzene rings is 1. The third-order valence-electron chi connectivity index (χ3n) is 3.10. The molecule has 4 heteroatoms. The van der Waals surface area contributed by atoms with Gasteiger partial charge in [0.25, 0.3) is 5.91 Å². The Morgan fingerprint density at radius 2 is 2.20 bits per heavy atom. The van der Waals surface area contributed by atoms with Crippen LogP contribution in [0.15, 0.2) is 43.0 Å². The Balaban J connectivity index is 2.41. The van der Waals surface area contributed by atoms with Gasteiger partial charge in [0.2, 0.25) is 0 Å². The van der Waals surface area contributed by atoms with Crippen LogP contribution in [-0.2, 0) is 0 Å². The Kier molecular flexibility index (Phi) is 4.35. The van der Waals surface area contributed by atoms with E-state index in [9.17, 15) is 4.79 Å². The van der Waals surface area contributed by atoms with Crippen LogP contribution in [-0.4, -0.2) is 28.9 Å². The lowest BCUT2D eigenvalue weighted by Crippen LogP contribution is -2.32. The van der Waals surface area contributed by atoms with E-state index in [0.29, 0.717) is 24.5 Å². The van der Waals surface area contributed by atoms with Gasteiger partial charge >= 0.3 is 0 Å². The summed E-state index contributed by atoms with van der Waals surface area (Å²) in [5.74, 6) is -0.107. The average Bonchev–Trinajstić information content (AvgIpc) is 2.46. The lowest BCUT2D eigenvalue weighted by atomic mass is 10.1. The minimum Gasteiger partial charge on any atom is -0.398 e. The number of fused-ring (bicyclic) bond motifs is 1. The van der Waals surface area contributed by atoms with Crippen molar-refractivity contribution >= 4 is 22.5 Å². The number of nitrogens with zero attached hydrogens (tertiary/aromatic N) is 2. The van der Waals surface area contributed by atoms with Crippen molar-refractivity contribution in [2.45, 2.75) is 13.3 Å². The number of nitrogens with two attached hydrogens (primary N) is 1. The number of hydrogen-bond acceptors (Lipinski definition) is 3. The number of rotatable bonds is 5. The van der Waals surface area contributed by atoms with E-state index in [1.807, 2.05) is 31.2 Å². The third kappa shape index (κ3) is 2.79. The predicted molar refractivity (Wildman–Crippen MR) is 82.5 cm³/mol. The molecule has 0 fully saturated rings. The van der Waals surface area contributed by atoms with Crippen molar-refractivity contribution in [2.24, 2.45) is 0 Å². The first-order valence-electron chi connectivity index (χ1n) is 6.72. The summed E-state index contributed by atoms with van der Waals surface area (Å²) in [5.41, 5.74) is 7.72. The summed E-state index contributed by atoms with van der Waals surface area (Å²) in [4.78, 5) is 18.6. The quantitative estimate of drug-likeness (QED) is 0.849. The standard InChI is InChI=1S/C16H19N3O/c1-3-9-19(10-4-2)16(20)15-11-13(17)12-7-5-6-8-14(12)18-15/h3,5-8,11H,1,4,9-10H2,2H3,(H2,17,18). The molecule has 2 aromatic rings. The van der Waals surface area contributed by atoms with E-state index in [4.69, 9.17) is 5.73 Å². The van der Waals surface area contributed by atoms with E-state index in [2.05, 4.69) is 11.6 Å². The Bertz CT molecular complexity index is 637. The SMILES string of the molecule is C=CCN(CCC)C(=O)c1cc(N)c2ccccc2n1. The molecule has 0 saturated carbocycles. The maximum Gasteiger partial charge on any atom is 0.272 e. The van der Waals surface area contributed by atoms with Gasteiger partial charge in [-0.05, 0) is 18.6 Å². The van der Waals surface area contributed by atoms with E-state index in [-0.39, 0.29) is 5.91 Å². The molecule has 2 N–H and O–H groups in total. The first-order chi connectivity index (χ1) is 9.67. The van der Waals surface area contributed by atoms with Gasteiger partial charge in [-0.1, -0.05) is 31.2 Å². The second-order valence-corrected chi connectivity index (χ2v) is 4.65. The molecule has 1 aromatic carbocycles. The van der Waals surface area contributed by atoms with Crippen molar-refractivity contribution in [3.63, 3.8) is 0 Å². The summed E-state index contributed by atoms with van der Waals surface area (Å²) in [5, 5.41) is 0.870. The van der Waals surface area contributed by atoms with Crippen molar-refractivity contribution in [2.75, 3.05) is 18.8 Å². The van der Waals surface area contributed by atoms with E-state index < -0.39 is 0 Å². The van der Waals surface area contributed by atoms with Crippen LogP contribution >= 0.6 is 0 Å². The van der Waals surface area contributed by atoms with Crippen LogP contribution < -0.4 is 5.73 Å². The molecule has 0 aliphatic heterocycles. The molecule has 0 saturated heterocycles. The number of aromatic nitrogens is 1. The van der Waals surface area contributed by atoms with Crippen LogP contribution in [0.3, 0.4) is 0 Å². The second kappa shape index (κ2) is 6.19. The highest BCUT2D eigenvalue weighted by atomic mass is 16.2. The molecule has 2 rings (SSSR count). The molecule has 0 unspecified atom stereocenters. The van der Waals surface area contributed by atoms with Crippen LogP contribution in [0.2, 0.25) is 0 Å². The maximum absolute atomic E-state index is 12.5. The molecular weight excluding hydrogens is 250 g/mol. The Labute approximate surface area is 118 Å². The van der Waals surface area contributed by atoms with E-state index >= 15 is 0 Å². The van der Waals surface area contributed by atoms with Gasteiger partial charge in [0, 0.05) is 24.2 Å². The largest absolute Gasteiger partial charge is 0.398 e. The van der Waals surface area contributed by atoms with Gasteiger partial charge in [0.15, 0.2) is 0 Å². The summed E-state index contributed by atoms with van der Waals surface area (Å²) in [6, 6.07) is 9.20. The number of anilines is 1. The molecule has 0 radical (unpaired) electrons. The fraction of sp³-hybridized carbons (Fsp3) is 0.250. The maximum atomic E-state index is 12.5. The highest BCUT2D eigenvalue weighted by molar-refractivity contribution is 5.99. The number of para-hydroxylation sites is 1. The summed E-state index contributed by atoms with van der Waals surface area (Å²) < 4.78 is 0. The van der Waals surface area contributed by atoms with Crippen LogP contribution in [0.5, 0.6) is 0 Å². The molecule has 0 spiro atoms. The van der Waals surface area contributed by atoms with Crippen LogP contribution in [0.4, 0.5) is 5.69 Å². The van der Waals surface area contributed by atoms with Crippen molar-refractivity contribution in [1.82, 2.24) is 9.88 Å². The number of carbonyl (C=O) groups excluding carboxylic acids is 1. The zero-order valence-corrected chi connectivity index (χ0v) is 11.7. The average molecular weight is 269 g/mol. The fourth-order valence-corrected chi connectivity index (χ4v) is 2.18. The zero-order chi connectivity index (χ0) is 14.5. The number of carbonyl (C=O) groups is 1. The minimum atomic E-state index is -0.107. The Morgan fingerprint density at radius 1 is 1.45 bits per heavy atom. The summed E-state index contributed by atoms with van der Waals surface area (Å²) >= 11 is 0. The van der Waals surface area contributed by atoms with Crippen LogP contribution in [0.1, 0.15) is 23.8 Å². The van der Waals surface area contributed by atoms with Gasteiger partial charge in [0.05, 0.1) is 5.52 Å². The van der Waals surface area contributed by atoms with E-state index in [1.54, 1.807) is 17.0 Å². The van der Waals surface area contributed by atoms with Crippen molar-refractivity contribution < 1.29 is 4.79 Å². The number of amides is 1. The van der Waals surface area contributed by atoms with Gasteiger partial charge < -0.3 is 10.6 Å². The predicted octanol–water partition coefficient (Wildman–Crippen LogP) is 2.86. The summed E-state index contributed by atoms with van der Waals surface area (Å²) in [6.07, 6.45) is 2.61. The molecule has 1 amide bonds. The third-order valence-corrected chi connectivity index (χ3v) is 3.10. The molecule has 1 aromatic heterocycles. The normalized spacial score (nSPS) is 10.4. The smallest absolute Gasteiger partial charge is 0.272 e.